The summed E-state index contributed by atoms with van der Waals surface area (Å²) in [5.41, 5.74) is -0.0130. The molecular formula is C50H72N4O17. The number of nitrogens with zero attached hydrogens (tertiary/aromatic N) is 2. The van der Waals surface area contributed by atoms with Crippen molar-refractivity contribution >= 4 is 47.9 Å². The molecule has 0 aromatic carbocycles. The van der Waals surface area contributed by atoms with Gasteiger partial charge in [0.2, 0.25) is 17.7 Å². The summed E-state index contributed by atoms with van der Waals surface area (Å²) in [6.45, 7) is 10.3. The molecule has 12 unspecified atom stereocenters. The maximum Gasteiger partial charge on any atom is 0.337 e. The number of hydrogen-bond donors (Lipinski definition) is 3. The van der Waals surface area contributed by atoms with Gasteiger partial charge in [-0.05, 0) is 50.0 Å². The fourth-order valence-corrected chi connectivity index (χ4v) is 7.99. The molecule has 0 fully saturated rings. The first-order valence-corrected chi connectivity index (χ1v) is 23.6. The molecule has 2 aromatic rings. The van der Waals surface area contributed by atoms with Crippen LogP contribution in [0.2, 0.25) is 0 Å². The van der Waals surface area contributed by atoms with Gasteiger partial charge in [0, 0.05) is 71.9 Å². The van der Waals surface area contributed by atoms with Crippen molar-refractivity contribution in [3.05, 3.63) is 54.6 Å². The van der Waals surface area contributed by atoms with Gasteiger partial charge in [0.05, 0.1) is 37.9 Å². The highest BCUT2D eigenvalue weighted by molar-refractivity contribution is 6.05. The predicted molar refractivity (Wildman–Crippen MR) is 255 cm³/mol. The van der Waals surface area contributed by atoms with Crippen LogP contribution in [0.4, 0.5) is 0 Å². The van der Waals surface area contributed by atoms with Crippen molar-refractivity contribution in [2.45, 2.75) is 129 Å². The summed E-state index contributed by atoms with van der Waals surface area (Å²) in [7, 11) is 5.86. The second kappa shape index (κ2) is 30.8. The number of aldehydes is 1. The van der Waals surface area contributed by atoms with Crippen LogP contribution in [0.15, 0.2) is 51.9 Å². The molecule has 0 aliphatic carbocycles. The number of ether oxygens (including phenoxy) is 7. The van der Waals surface area contributed by atoms with E-state index in [1.165, 1.54) is 60.7 Å². The normalized spacial score (nSPS) is 22.9. The number of imide groups is 1. The van der Waals surface area contributed by atoms with E-state index < -0.39 is 102 Å². The number of carbonyl (C=O) groups excluding carboxylic acids is 7. The summed E-state index contributed by atoms with van der Waals surface area (Å²) in [5.74, 6) is -6.31. The van der Waals surface area contributed by atoms with E-state index in [0.717, 1.165) is 6.26 Å². The Morgan fingerprint density at radius 3 is 2.30 bits per heavy atom. The third kappa shape index (κ3) is 19.7. The molecule has 2 aromatic heterocycles. The number of nitrogens with one attached hydrogen (secondary N) is 2. The number of fused-ring (bicyclic) bond motifs is 5. The molecule has 71 heavy (non-hydrogen) atoms. The number of aliphatic hydroxyl groups is 1. The Labute approximate surface area is 414 Å². The molecule has 4 bridgehead atoms. The number of hydrogen-bond acceptors (Lipinski definition) is 20. The average molecular weight is 1000 g/mol. The van der Waals surface area contributed by atoms with Gasteiger partial charge in [-0.25, -0.2) is 14.8 Å². The van der Waals surface area contributed by atoms with Gasteiger partial charge >= 0.3 is 17.9 Å². The minimum absolute atomic E-state index is 0.0375. The number of ketones is 1. The van der Waals surface area contributed by atoms with Crippen molar-refractivity contribution < 1.29 is 80.7 Å². The van der Waals surface area contributed by atoms with Crippen LogP contribution in [0.3, 0.4) is 0 Å². The summed E-state index contributed by atoms with van der Waals surface area (Å²) < 4.78 is 51.6. The van der Waals surface area contributed by atoms with Crippen LogP contribution in [0.5, 0.6) is 0 Å². The molecule has 0 saturated heterocycles. The fourth-order valence-electron chi connectivity index (χ4n) is 7.99. The van der Waals surface area contributed by atoms with Crippen LogP contribution in [0, 0.1) is 29.6 Å². The Morgan fingerprint density at radius 2 is 1.63 bits per heavy atom. The lowest BCUT2D eigenvalue weighted by Gasteiger charge is -2.35. The molecule has 0 spiro atoms. The molecular weight excluding hydrogens is 929 g/mol. The van der Waals surface area contributed by atoms with E-state index in [2.05, 4.69) is 20.6 Å². The summed E-state index contributed by atoms with van der Waals surface area (Å²) in [4.78, 5) is 97.1. The lowest BCUT2D eigenvalue weighted by Crippen LogP contribution is -2.42. The van der Waals surface area contributed by atoms with Gasteiger partial charge in [0.1, 0.15) is 37.1 Å². The van der Waals surface area contributed by atoms with E-state index in [4.69, 9.17) is 42.0 Å². The summed E-state index contributed by atoms with van der Waals surface area (Å²) in [6, 6.07) is 0. The lowest BCUT2D eigenvalue weighted by molar-refractivity contribution is -0.173. The molecule has 1 aliphatic rings. The van der Waals surface area contributed by atoms with Crippen molar-refractivity contribution in [2.24, 2.45) is 29.6 Å². The number of aliphatic hydroxyl groups excluding tert-OH is 1. The van der Waals surface area contributed by atoms with Crippen LogP contribution >= 0.6 is 0 Å². The van der Waals surface area contributed by atoms with Gasteiger partial charge in [0.15, 0.2) is 23.3 Å². The highest BCUT2D eigenvalue weighted by Gasteiger charge is 2.38. The first kappa shape index (κ1) is 59.4. The van der Waals surface area contributed by atoms with Gasteiger partial charge in [-0.15, -0.1) is 0 Å². The second-order valence-corrected chi connectivity index (χ2v) is 17.7. The summed E-state index contributed by atoms with van der Waals surface area (Å²) in [6.07, 6.45) is 7.14. The maximum absolute atomic E-state index is 13.6. The summed E-state index contributed by atoms with van der Waals surface area (Å²) >= 11 is 0. The van der Waals surface area contributed by atoms with Crippen molar-refractivity contribution in [3.63, 3.8) is 0 Å². The van der Waals surface area contributed by atoms with Gasteiger partial charge in [0.25, 0.3) is 5.91 Å². The van der Waals surface area contributed by atoms with E-state index in [-0.39, 0.29) is 73.8 Å². The smallest absolute Gasteiger partial charge is 0.337 e. The van der Waals surface area contributed by atoms with Gasteiger partial charge in [-0.3, -0.25) is 29.3 Å². The number of rotatable bonds is 21. The van der Waals surface area contributed by atoms with E-state index in [0.29, 0.717) is 19.1 Å². The first-order valence-electron chi connectivity index (χ1n) is 23.6. The Morgan fingerprint density at radius 1 is 0.915 bits per heavy atom. The number of oxazole rings is 2. The highest BCUT2D eigenvalue weighted by atomic mass is 16.6. The molecule has 3 heterocycles. The van der Waals surface area contributed by atoms with Crippen molar-refractivity contribution in [1.82, 2.24) is 20.6 Å². The van der Waals surface area contributed by atoms with Crippen LogP contribution in [-0.2, 0) is 61.9 Å². The molecule has 0 radical (unpaired) electrons. The van der Waals surface area contributed by atoms with E-state index in [1.54, 1.807) is 24.4 Å². The molecule has 21 nitrogen and oxygen atoms in total. The van der Waals surface area contributed by atoms with Crippen molar-refractivity contribution in [2.75, 3.05) is 41.6 Å². The van der Waals surface area contributed by atoms with Gasteiger partial charge in [-0.2, -0.15) is 0 Å². The molecule has 3 N–H and O–H groups in total. The first-order chi connectivity index (χ1) is 33.8. The molecule has 3 rings (SSSR count). The number of aromatic nitrogens is 2. The Balaban J connectivity index is 1.94. The van der Waals surface area contributed by atoms with E-state index in [1.807, 2.05) is 27.7 Å². The fraction of sp³-hybridized carbons (Fsp3) is 0.620. The number of methoxy groups -OCH3 is 4. The maximum atomic E-state index is 13.6. The standard InChI is InChI=1S/C50H72N4O17/c1-29(17-18-40(71-50(62)43(66-10)28-63-7)33(5)46(69-34(6)56)30(2)19-20-51-21-22-55)41(65-9)25-42-32(4)39(64-8)15-12-16-44-52-38(27-67-44)49-53-37(26-68-49)48(61)54-47(60)31(3)23-35(57)13-11-14-36(58)24-45(59)70-42/h11-13,16,19-20,22,26-27,29-33,36,39-43,46,51,58H,14-15,17-18,21,23-25,28H2,1-10H3,(H,54,60,61). The molecule has 21 heteroatoms. The van der Waals surface area contributed by atoms with Gasteiger partial charge in [-0.1, -0.05) is 52.8 Å². The zero-order chi connectivity index (χ0) is 52.6. The van der Waals surface area contributed by atoms with Crippen LogP contribution in [0.1, 0.15) is 103 Å². The largest absolute Gasteiger partial charge is 0.462 e. The van der Waals surface area contributed by atoms with Gasteiger partial charge < -0.3 is 57.2 Å². The predicted octanol–water partition coefficient (Wildman–Crippen LogP) is 4.76. The number of esters is 3. The Kier molecular flexibility index (Phi) is 25.8. The number of carbonyl (C=O) groups is 7. The Bertz CT molecular complexity index is 2110. The summed E-state index contributed by atoms with van der Waals surface area (Å²) in [5, 5.41) is 15.9. The highest BCUT2D eigenvalue weighted by Crippen LogP contribution is 2.32. The average Bonchev–Trinajstić information content (AvgIpc) is 4.02. The second-order valence-electron chi connectivity index (χ2n) is 17.7. The topological polar surface area (TPSA) is 280 Å². The minimum Gasteiger partial charge on any atom is -0.462 e. The van der Waals surface area contributed by atoms with E-state index >= 15 is 0 Å². The zero-order valence-electron chi connectivity index (χ0n) is 42.4. The third-order valence-electron chi connectivity index (χ3n) is 12.3. The van der Waals surface area contributed by atoms with E-state index in [9.17, 15) is 38.7 Å². The number of amides is 2. The SMILES string of the molecule is COCC(OC)C(=O)OC(CCC(C)C(CC1OC(=O)CC(O)CC=CC(=O)CC(C)C(=O)NC(=O)c2coc(n2)-c2coc(n2)C=CCC(OC)C1C)OC)C(C)C(OC(C)=O)C(C)C=CNCC=O. The quantitative estimate of drug-likeness (QED) is 0.0500. The van der Waals surface area contributed by atoms with Crippen molar-refractivity contribution in [1.29, 1.82) is 0 Å². The third-order valence-corrected chi connectivity index (χ3v) is 12.3. The van der Waals surface area contributed by atoms with Crippen LogP contribution in [-0.4, -0.2) is 141 Å². The van der Waals surface area contributed by atoms with Crippen LogP contribution < -0.4 is 10.6 Å². The molecule has 2 amide bonds. The Hall–Kier alpha value is -5.87. The zero-order valence-corrected chi connectivity index (χ0v) is 42.4. The molecule has 1 aliphatic heterocycles. The van der Waals surface area contributed by atoms with Crippen molar-refractivity contribution in [3.8, 4) is 11.6 Å². The molecule has 394 valence electrons. The minimum atomic E-state index is -1.23. The van der Waals surface area contributed by atoms with Crippen LogP contribution in [0.25, 0.3) is 17.7 Å². The molecule has 0 saturated carbocycles. The number of cyclic esters (lactones) is 1. The molecule has 12 atom stereocenters. The number of allylic oxidation sites excluding steroid dienone is 1. The lowest BCUT2D eigenvalue weighted by atomic mass is 9.83. The monoisotopic (exact) mass is 1000 g/mol.